The van der Waals surface area contributed by atoms with Gasteiger partial charge in [0.2, 0.25) is 5.91 Å². The standard InChI is InChI=1S/C17H16N2O4/c1-18-14-7-8-19(17(22)23)10-13(14)15(20)12(16(18)21)9-11-5-3-2-4-6-11/h2-8,12H,9-10H2,1H3,(H,22,23). The molecule has 6 heteroatoms. The highest BCUT2D eigenvalue weighted by Gasteiger charge is 2.40. The Morgan fingerprint density at radius 1 is 1.26 bits per heavy atom. The fourth-order valence-electron chi connectivity index (χ4n) is 2.92. The van der Waals surface area contributed by atoms with Gasteiger partial charge in [-0.25, -0.2) is 4.79 Å². The van der Waals surface area contributed by atoms with Crippen LogP contribution in [0, 0.1) is 5.92 Å². The molecular formula is C17H16N2O4. The van der Waals surface area contributed by atoms with Crippen LogP contribution >= 0.6 is 0 Å². The molecule has 2 aliphatic rings. The first kappa shape index (κ1) is 15.0. The van der Waals surface area contributed by atoms with Gasteiger partial charge in [0.15, 0.2) is 5.78 Å². The topological polar surface area (TPSA) is 77.9 Å². The lowest BCUT2D eigenvalue weighted by Crippen LogP contribution is -2.47. The molecule has 0 bridgehead atoms. The smallest absolute Gasteiger partial charge is 0.411 e. The van der Waals surface area contributed by atoms with Gasteiger partial charge in [-0.2, -0.15) is 0 Å². The van der Waals surface area contributed by atoms with Gasteiger partial charge in [-0.3, -0.25) is 14.5 Å². The molecule has 1 aromatic carbocycles. The van der Waals surface area contributed by atoms with E-state index in [4.69, 9.17) is 5.11 Å². The van der Waals surface area contributed by atoms with E-state index in [1.807, 2.05) is 30.3 Å². The molecule has 2 heterocycles. The van der Waals surface area contributed by atoms with Crippen molar-refractivity contribution in [3.63, 3.8) is 0 Å². The number of carboxylic acid groups (broad SMARTS) is 1. The minimum atomic E-state index is -1.13. The van der Waals surface area contributed by atoms with E-state index < -0.39 is 12.0 Å². The quantitative estimate of drug-likeness (QED) is 0.842. The number of benzene rings is 1. The lowest BCUT2D eigenvalue weighted by molar-refractivity contribution is -0.139. The van der Waals surface area contributed by atoms with E-state index in [1.165, 1.54) is 17.2 Å². The van der Waals surface area contributed by atoms with Crippen LogP contribution in [0.2, 0.25) is 0 Å². The van der Waals surface area contributed by atoms with Crippen LogP contribution in [-0.2, 0) is 16.0 Å². The van der Waals surface area contributed by atoms with Crippen LogP contribution in [0.5, 0.6) is 0 Å². The molecule has 0 aliphatic carbocycles. The van der Waals surface area contributed by atoms with Crippen LogP contribution in [-0.4, -0.2) is 46.3 Å². The predicted octanol–water partition coefficient (Wildman–Crippen LogP) is 1.65. The van der Waals surface area contributed by atoms with E-state index >= 15 is 0 Å². The summed E-state index contributed by atoms with van der Waals surface area (Å²) in [6, 6.07) is 9.33. The van der Waals surface area contributed by atoms with Crippen LogP contribution in [0.4, 0.5) is 4.79 Å². The predicted molar refractivity (Wildman–Crippen MR) is 82.3 cm³/mol. The number of carbonyl (C=O) groups is 3. The Labute approximate surface area is 133 Å². The van der Waals surface area contributed by atoms with E-state index in [1.54, 1.807) is 7.05 Å². The summed E-state index contributed by atoms with van der Waals surface area (Å²) in [4.78, 5) is 38.8. The molecule has 118 valence electrons. The maximum atomic E-state index is 12.7. The number of carbonyl (C=O) groups excluding carboxylic acids is 2. The summed E-state index contributed by atoms with van der Waals surface area (Å²) in [5, 5.41) is 9.09. The monoisotopic (exact) mass is 312 g/mol. The van der Waals surface area contributed by atoms with Crippen molar-refractivity contribution in [1.82, 2.24) is 9.80 Å². The molecule has 23 heavy (non-hydrogen) atoms. The molecule has 0 fully saturated rings. The van der Waals surface area contributed by atoms with Crippen molar-refractivity contribution in [3.05, 3.63) is 59.4 Å². The number of hydrogen-bond acceptors (Lipinski definition) is 3. The highest BCUT2D eigenvalue weighted by molar-refractivity contribution is 6.14. The number of ketones is 1. The maximum absolute atomic E-state index is 12.7. The normalized spacial score (nSPS) is 20.8. The third kappa shape index (κ3) is 2.63. The van der Waals surface area contributed by atoms with Gasteiger partial charge in [0, 0.05) is 18.8 Å². The average Bonchev–Trinajstić information content (AvgIpc) is 2.57. The number of likely N-dealkylation sites (N-methyl/N-ethyl adjacent to an activating group) is 1. The van der Waals surface area contributed by atoms with Gasteiger partial charge >= 0.3 is 6.09 Å². The second kappa shape index (κ2) is 5.72. The maximum Gasteiger partial charge on any atom is 0.411 e. The second-order valence-electron chi connectivity index (χ2n) is 5.59. The lowest BCUT2D eigenvalue weighted by atomic mass is 9.85. The van der Waals surface area contributed by atoms with Crippen LogP contribution in [0.25, 0.3) is 0 Å². The number of amides is 2. The molecule has 2 aliphatic heterocycles. The summed E-state index contributed by atoms with van der Waals surface area (Å²) in [5.74, 6) is -1.35. The molecule has 1 unspecified atom stereocenters. The van der Waals surface area contributed by atoms with Crippen molar-refractivity contribution in [2.75, 3.05) is 13.6 Å². The molecular weight excluding hydrogens is 296 g/mol. The summed E-state index contributed by atoms with van der Waals surface area (Å²) in [6.07, 6.45) is 2.06. The summed E-state index contributed by atoms with van der Waals surface area (Å²) < 4.78 is 0. The van der Waals surface area contributed by atoms with Gasteiger partial charge in [0.05, 0.1) is 12.2 Å². The van der Waals surface area contributed by atoms with Crippen molar-refractivity contribution in [1.29, 1.82) is 0 Å². The summed E-state index contributed by atoms with van der Waals surface area (Å²) in [6.45, 7) is -0.0249. The zero-order valence-corrected chi connectivity index (χ0v) is 12.6. The molecule has 0 spiro atoms. The molecule has 2 amide bonds. The van der Waals surface area contributed by atoms with E-state index in [0.717, 1.165) is 10.5 Å². The Kier molecular flexibility index (Phi) is 3.73. The van der Waals surface area contributed by atoms with Crippen LogP contribution < -0.4 is 0 Å². The zero-order valence-electron chi connectivity index (χ0n) is 12.6. The Bertz CT molecular complexity index is 736. The van der Waals surface area contributed by atoms with Crippen molar-refractivity contribution in [2.45, 2.75) is 6.42 Å². The van der Waals surface area contributed by atoms with E-state index in [0.29, 0.717) is 17.7 Å². The SMILES string of the molecule is CN1C(=O)C(Cc2ccccc2)C(=O)C2=C1C=CN(C(=O)O)C2. The molecule has 1 aromatic rings. The Balaban J connectivity index is 1.92. The zero-order chi connectivity index (χ0) is 16.6. The molecule has 1 N–H and O–H groups in total. The first-order chi connectivity index (χ1) is 11.0. The third-order valence-electron chi connectivity index (χ3n) is 4.18. The Morgan fingerprint density at radius 3 is 2.61 bits per heavy atom. The Hall–Kier alpha value is -2.89. The fourth-order valence-corrected chi connectivity index (χ4v) is 2.92. The van der Waals surface area contributed by atoms with Crippen LogP contribution in [0.1, 0.15) is 5.56 Å². The summed E-state index contributed by atoms with van der Waals surface area (Å²) in [7, 11) is 1.61. The summed E-state index contributed by atoms with van der Waals surface area (Å²) in [5.41, 5.74) is 1.76. The number of Topliss-reactive ketones (excluding diaryl/α,β-unsaturated/α-hetero) is 1. The van der Waals surface area contributed by atoms with Gasteiger partial charge in [-0.15, -0.1) is 0 Å². The summed E-state index contributed by atoms with van der Waals surface area (Å²) >= 11 is 0. The molecule has 6 nitrogen and oxygen atoms in total. The van der Waals surface area contributed by atoms with Crippen LogP contribution in [0.3, 0.4) is 0 Å². The van der Waals surface area contributed by atoms with E-state index in [9.17, 15) is 14.4 Å². The largest absolute Gasteiger partial charge is 0.465 e. The molecule has 0 saturated heterocycles. The fraction of sp³-hybridized carbons (Fsp3) is 0.235. The minimum absolute atomic E-state index is 0.0249. The Morgan fingerprint density at radius 2 is 1.96 bits per heavy atom. The van der Waals surface area contributed by atoms with Gasteiger partial charge < -0.3 is 10.0 Å². The average molecular weight is 312 g/mol. The van der Waals surface area contributed by atoms with Crippen molar-refractivity contribution in [3.8, 4) is 0 Å². The highest BCUT2D eigenvalue weighted by Crippen LogP contribution is 2.29. The third-order valence-corrected chi connectivity index (χ3v) is 4.18. The molecule has 0 saturated carbocycles. The van der Waals surface area contributed by atoms with E-state index in [-0.39, 0.29) is 18.2 Å². The van der Waals surface area contributed by atoms with Gasteiger partial charge in [-0.05, 0) is 18.1 Å². The molecule has 1 atom stereocenters. The van der Waals surface area contributed by atoms with E-state index in [2.05, 4.69) is 0 Å². The van der Waals surface area contributed by atoms with Crippen molar-refractivity contribution >= 4 is 17.8 Å². The van der Waals surface area contributed by atoms with Crippen molar-refractivity contribution < 1.29 is 19.5 Å². The number of rotatable bonds is 2. The number of nitrogens with zero attached hydrogens (tertiary/aromatic N) is 2. The second-order valence-corrected chi connectivity index (χ2v) is 5.59. The number of allylic oxidation sites excluding steroid dienone is 1. The first-order valence-corrected chi connectivity index (χ1v) is 7.25. The van der Waals surface area contributed by atoms with Crippen molar-refractivity contribution in [2.24, 2.45) is 5.92 Å². The number of hydrogen-bond donors (Lipinski definition) is 1. The van der Waals surface area contributed by atoms with Gasteiger partial charge in [0.1, 0.15) is 5.92 Å². The highest BCUT2D eigenvalue weighted by atomic mass is 16.4. The lowest BCUT2D eigenvalue weighted by Gasteiger charge is -2.35. The minimum Gasteiger partial charge on any atom is -0.465 e. The first-order valence-electron chi connectivity index (χ1n) is 7.25. The molecule has 0 radical (unpaired) electrons. The van der Waals surface area contributed by atoms with Gasteiger partial charge in [0.25, 0.3) is 0 Å². The molecule has 3 rings (SSSR count). The van der Waals surface area contributed by atoms with Crippen LogP contribution in [0.15, 0.2) is 53.9 Å². The van der Waals surface area contributed by atoms with Gasteiger partial charge in [-0.1, -0.05) is 30.3 Å². The molecule has 0 aromatic heterocycles.